The molecule has 0 saturated carbocycles. The highest BCUT2D eigenvalue weighted by atomic mass is 19.1. The lowest BCUT2D eigenvalue weighted by atomic mass is 10.0. The molecule has 2 N–H and O–H groups in total. The van der Waals surface area contributed by atoms with Crippen LogP contribution in [0.25, 0.3) is 11.1 Å². The molecule has 6 heteroatoms. The van der Waals surface area contributed by atoms with Gasteiger partial charge in [-0.25, -0.2) is 4.39 Å². The van der Waals surface area contributed by atoms with Gasteiger partial charge in [0.05, 0.1) is 19.3 Å². The number of nitrogens with one attached hydrogen (secondary N) is 1. The van der Waals surface area contributed by atoms with Gasteiger partial charge in [0.1, 0.15) is 24.1 Å². The molecule has 4 atom stereocenters. The van der Waals surface area contributed by atoms with Crippen molar-refractivity contribution in [1.82, 2.24) is 5.32 Å². The van der Waals surface area contributed by atoms with Gasteiger partial charge in [0.25, 0.3) is 5.91 Å². The highest BCUT2D eigenvalue weighted by molar-refractivity contribution is 5.95. The average Bonchev–Trinajstić information content (AvgIpc) is 3.19. The van der Waals surface area contributed by atoms with Gasteiger partial charge in [-0.2, -0.15) is 0 Å². The van der Waals surface area contributed by atoms with Gasteiger partial charge in [-0.05, 0) is 23.8 Å². The minimum atomic E-state index is -0.656. The van der Waals surface area contributed by atoms with Crippen molar-refractivity contribution in [2.24, 2.45) is 0 Å². The van der Waals surface area contributed by atoms with Crippen molar-refractivity contribution >= 4 is 5.91 Å². The lowest BCUT2D eigenvalue weighted by Crippen LogP contribution is -2.44. The van der Waals surface area contributed by atoms with E-state index in [1.54, 1.807) is 42.5 Å². The second-order valence-corrected chi connectivity index (χ2v) is 6.30. The summed E-state index contributed by atoms with van der Waals surface area (Å²) >= 11 is 0. The molecule has 0 aliphatic carbocycles. The fraction of sp³-hybridized carbons (Fsp3) is 0.316. The quantitative estimate of drug-likeness (QED) is 0.891. The van der Waals surface area contributed by atoms with Crippen molar-refractivity contribution in [2.75, 3.05) is 13.2 Å². The molecule has 2 aliphatic heterocycles. The van der Waals surface area contributed by atoms with Gasteiger partial charge in [-0.15, -0.1) is 0 Å². The first-order chi connectivity index (χ1) is 12.1. The second-order valence-electron chi connectivity index (χ2n) is 6.30. The zero-order valence-electron chi connectivity index (χ0n) is 13.4. The van der Waals surface area contributed by atoms with E-state index in [0.29, 0.717) is 23.3 Å². The SMILES string of the molecule is O=C(N[C@H]1CO[C@H]2[C@@H]1OC[C@H]2O)c1cccc(-c2ccccc2F)c1. The van der Waals surface area contributed by atoms with E-state index in [-0.39, 0.29) is 30.5 Å². The summed E-state index contributed by atoms with van der Waals surface area (Å²) in [6.07, 6.45) is -1.39. The summed E-state index contributed by atoms with van der Waals surface area (Å²) in [5.74, 6) is -0.613. The van der Waals surface area contributed by atoms with Crippen LogP contribution < -0.4 is 5.32 Å². The normalized spacial score (nSPS) is 27.9. The zero-order valence-corrected chi connectivity index (χ0v) is 13.4. The van der Waals surface area contributed by atoms with Crippen molar-refractivity contribution in [3.63, 3.8) is 0 Å². The number of fused-ring (bicyclic) bond motifs is 1. The molecule has 5 nitrogen and oxygen atoms in total. The predicted molar refractivity (Wildman–Crippen MR) is 88.6 cm³/mol. The Morgan fingerprint density at radius 3 is 2.72 bits per heavy atom. The van der Waals surface area contributed by atoms with Gasteiger partial charge in [-0.3, -0.25) is 4.79 Å². The van der Waals surface area contributed by atoms with Crippen LogP contribution >= 0.6 is 0 Å². The number of benzene rings is 2. The van der Waals surface area contributed by atoms with Crippen molar-refractivity contribution < 1.29 is 23.8 Å². The van der Waals surface area contributed by atoms with Crippen LogP contribution in [-0.2, 0) is 9.47 Å². The summed E-state index contributed by atoms with van der Waals surface area (Å²) in [5.41, 5.74) is 1.52. The lowest BCUT2D eigenvalue weighted by Gasteiger charge is -2.17. The second kappa shape index (κ2) is 6.55. The van der Waals surface area contributed by atoms with E-state index in [9.17, 15) is 14.3 Å². The maximum absolute atomic E-state index is 14.0. The van der Waals surface area contributed by atoms with Gasteiger partial charge < -0.3 is 19.9 Å². The topological polar surface area (TPSA) is 67.8 Å². The third-order valence-corrected chi connectivity index (χ3v) is 4.65. The van der Waals surface area contributed by atoms with Gasteiger partial charge in [0, 0.05) is 11.1 Å². The highest BCUT2D eigenvalue weighted by Gasteiger charge is 2.47. The number of carbonyl (C=O) groups is 1. The lowest BCUT2D eigenvalue weighted by molar-refractivity contribution is 0.0178. The summed E-state index contributed by atoms with van der Waals surface area (Å²) < 4.78 is 25.0. The van der Waals surface area contributed by atoms with Crippen molar-refractivity contribution in [3.05, 3.63) is 59.9 Å². The molecule has 2 aliphatic rings. The van der Waals surface area contributed by atoms with Gasteiger partial charge in [0.2, 0.25) is 0 Å². The number of aliphatic hydroxyl groups excluding tert-OH is 1. The van der Waals surface area contributed by atoms with Crippen LogP contribution in [0.4, 0.5) is 4.39 Å². The Balaban J connectivity index is 1.52. The van der Waals surface area contributed by atoms with Gasteiger partial charge in [-0.1, -0.05) is 30.3 Å². The zero-order chi connectivity index (χ0) is 17.4. The van der Waals surface area contributed by atoms with E-state index in [1.165, 1.54) is 6.07 Å². The molecule has 2 heterocycles. The summed E-state index contributed by atoms with van der Waals surface area (Å²) in [6.45, 7) is 0.510. The van der Waals surface area contributed by atoms with Crippen LogP contribution in [0, 0.1) is 5.82 Å². The third kappa shape index (κ3) is 3.04. The van der Waals surface area contributed by atoms with Crippen molar-refractivity contribution in [3.8, 4) is 11.1 Å². The fourth-order valence-corrected chi connectivity index (χ4v) is 3.38. The number of aliphatic hydroxyl groups is 1. The molecule has 0 unspecified atom stereocenters. The van der Waals surface area contributed by atoms with Gasteiger partial charge in [0.15, 0.2) is 0 Å². The standard InChI is InChI=1S/C19H18FNO4/c20-14-7-2-1-6-13(14)11-4-3-5-12(8-11)19(23)21-15-9-24-18-16(22)10-25-17(15)18/h1-8,15-18,22H,9-10H2,(H,21,23)/t15-,16+,17+,18+/m0/s1. The molecule has 0 spiro atoms. The van der Waals surface area contributed by atoms with Crippen LogP contribution in [0.5, 0.6) is 0 Å². The van der Waals surface area contributed by atoms with Crippen LogP contribution in [0.2, 0.25) is 0 Å². The number of hydrogen-bond donors (Lipinski definition) is 2. The summed E-state index contributed by atoms with van der Waals surface area (Å²) in [4.78, 5) is 12.6. The van der Waals surface area contributed by atoms with Crippen molar-refractivity contribution in [1.29, 1.82) is 0 Å². The van der Waals surface area contributed by atoms with Gasteiger partial charge >= 0.3 is 0 Å². The van der Waals surface area contributed by atoms with E-state index < -0.39 is 12.2 Å². The molecule has 0 radical (unpaired) electrons. The molecule has 2 fully saturated rings. The maximum atomic E-state index is 14.0. The van der Waals surface area contributed by atoms with E-state index in [2.05, 4.69) is 5.32 Å². The largest absolute Gasteiger partial charge is 0.388 e. The smallest absolute Gasteiger partial charge is 0.251 e. The molecule has 0 aromatic heterocycles. The first-order valence-corrected chi connectivity index (χ1v) is 8.20. The molecule has 2 saturated heterocycles. The molecule has 0 bridgehead atoms. The number of amides is 1. The third-order valence-electron chi connectivity index (χ3n) is 4.65. The fourth-order valence-electron chi connectivity index (χ4n) is 3.38. The average molecular weight is 343 g/mol. The monoisotopic (exact) mass is 343 g/mol. The molecule has 25 heavy (non-hydrogen) atoms. The Bertz CT molecular complexity index is 796. The van der Waals surface area contributed by atoms with Crippen LogP contribution in [0.3, 0.4) is 0 Å². The van der Waals surface area contributed by atoms with E-state index in [0.717, 1.165) is 0 Å². The molecule has 2 aromatic rings. The summed E-state index contributed by atoms with van der Waals surface area (Å²) in [5, 5.41) is 12.6. The number of rotatable bonds is 3. The van der Waals surface area contributed by atoms with E-state index in [1.807, 2.05) is 0 Å². The number of halogens is 1. The molecular formula is C19H18FNO4. The number of ether oxygens (including phenoxy) is 2. The number of hydrogen-bond acceptors (Lipinski definition) is 4. The molecule has 4 rings (SSSR count). The van der Waals surface area contributed by atoms with Crippen LogP contribution in [0.1, 0.15) is 10.4 Å². The highest BCUT2D eigenvalue weighted by Crippen LogP contribution is 2.27. The van der Waals surface area contributed by atoms with Crippen LogP contribution in [0.15, 0.2) is 48.5 Å². The minimum Gasteiger partial charge on any atom is -0.388 e. The van der Waals surface area contributed by atoms with Crippen molar-refractivity contribution in [2.45, 2.75) is 24.4 Å². The van der Waals surface area contributed by atoms with Crippen LogP contribution in [-0.4, -0.2) is 48.6 Å². The summed E-state index contributed by atoms with van der Waals surface area (Å²) in [7, 11) is 0. The first-order valence-electron chi connectivity index (χ1n) is 8.20. The minimum absolute atomic E-state index is 0.213. The molecular weight excluding hydrogens is 325 g/mol. The molecule has 130 valence electrons. The summed E-state index contributed by atoms with van der Waals surface area (Å²) in [6, 6.07) is 13.0. The Morgan fingerprint density at radius 1 is 1.08 bits per heavy atom. The molecule has 2 aromatic carbocycles. The Hall–Kier alpha value is -2.28. The molecule has 1 amide bonds. The Kier molecular flexibility index (Phi) is 4.25. The maximum Gasteiger partial charge on any atom is 0.251 e. The Labute approximate surface area is 144 Å². The Morgan fingerprint density at radius 2 is 1.88 bits per heavy atom. The predicted octanol–water partition coefficient (Wildman–Crippen LogP) is 1.75. The van der Waals surface area contributed by atoms with E-state index >= 15 is 0 Å². The first kappa shape index (κ1) is 16.2. The number of carbonyl (C=O) groups excluding carboxylic acids is 1. The van der Waals surface area contributed by atoms with E-state index in [4.69, 9.17) is 9.47 Å².